The minimum Gasteiger partial charge on any atom is -0.508 e. The number of aromatic hydroxyl groups is 1. The van der Waals surface area contributed by atoms with E-state index in [-0.39, 0.29) is 18.1 Å². The van der Waals surface area contributed by atoms with Crippen molar-refractivity contribution in [1.29, 1.82) is 0 Å². The highest BCUT2D eigenvalue weighted by Gasteiger charge is 2.07. The molecule has 2 N–H and O–H groups in total. The van der Waals surface area contributed by atoms with Gasteiger partial charge in [0.15, 0.2) is 0 Å². The maximum absolute atomic E-state index is 12.1. The normalized spacial score (nSPS) is 10.5. The number of anilines is 1. The van der Waals surface area contributed by atoms with Crippen LogP contribution in [0.1, 0.15) is 5.56 Å². The lowest BCUT2D eigenvalue weighted by atomic mass is 10.1. The van der Waals surface area contributed by atoms with Gasteiger partial charge in [-0.1, -0.05) is 24.3 Å². The molecule has 3 rings (SSSR count). The number of pyridine rings is 1. The summed E-state index contributed by atoms with van der Waals surface area (Å²) in [5.41, 5.74) is 1.54. The fourth-order valence-electron chi connectivity index (χ4n) is 2.28. The summed E-state index contributed by atoms with van der Waals surface area (Å²) < 4.78 is 0. The van der Waals surface area contributed by atoms with E-state index in [1.807, 2.05) is 30.3 Å². The summed E-state index contributed by atoms with van der Waals surface area (Å²) in [4.78, 5) is 16.2. The lowest BCUT2D eigenvalue weighted by Crippen LogP contribution is -2.14. The summed E-state index contributed by atoms with van der Waals surface area (Å²) in [5.74, 6) is 0.0430. The van der Waals surface area contributed by atoms with Crippen LogP contribution in [0.5, 0.6) is 5.75 Å². The van der Waals surface area contributed by atoms with Crippen molar-refractivity contribution in [1.82, 2.24) is 4.98 Å². The fraction of sp³-hybridized carbons (Fsp3) is 0.0588. The molecule has 0 radical (unpaired) electrons. The molecule has 0 aliphatic heterocycles. The first-order valence-electron chi connectivity index (χ1n) is 6.63. The van der Waals surface area contributed by atoms with E-state index >= 15 is 0 Å². The van der Waals surface area contributed by atoms with Crippen molar-refractivity contribution in [3.63, 3.8) is 0 Å². The Labute approximate surface area is 122 Å². The molecule has 1 heterocycles. The van der Waals surface area contributed by atoms with Gasteiger partial charge in [-0.15, -0.1) is 0 Å². The van der Waals surface area contributed by atoms with E-state index in [1.54, 1.807) is 30.6 Å². The number of aromatic nitrogens is 1. The van der Waals surface area contributed by atoms with Crippen LogP contribution in [0.3, 0.4) is 0 Å². The molecular weight excluding hydrogens is 264 g/mol. The number of hydrogen-bond donors (Lipinski definition) is 2. The third-order valence-corrected chi connectivity index (χ3v) is 3.23. The summed E-state index contributed by atoms with van der Waals surface area (Å²) in [5, 5.41) is 14.3. The van der Waals surface area contributed by atoms with Gasteiger partial charge in [0.05, 0.1) is 6.42 Å². The maximum atomic E-state index is 12.1. The Morgan fingerprint density at radius 1 is 1.14 bits per heavy atom. The number of fused-ring (bicyclic) bond motifs is 1. The summed E-state index contributed by atoms with van der Waals surface area (Å²) in [6.07, 6.45) is 3.68. The summed E-state index contributed by atoms with van der Waals surface area (Å²) in [6.45, 7) is 0. The first-order chi connectivity index (χ1) is 10.2. The maximum Gasteiger partial charge on any atom is 0.228 e. The van der Waals surface area contributed by atoms with Gasteiger partial charge >= 0.3 is 0 Å². The van der Waals surface area contributed by atoms with Crippen molar-refractivity contribution >= 4 is 22.4 Å². The van der Waals surface area contributed by atoms with Gasteiger partial charge in [0.1, 0.15) is 5.75 Å². The van der Waals surface area contributed by atoms with E-state index in [0.717, 1.165) is 22.0 Å². The van der Waals surface area contributed by atoms with E-state index in [4.69, 9.17) is 0 Å². The van der Waals surface area contributed by atoms with Crippen LogP contribution < -0.4 is 5.32 Å². The molecule has 0 saturated heterocycles. The first-order valence-corrected chi connectivity index (χ1v) is 6.63. The highest BCUT2D eigenvalue weighted by Crippen LogP contribution is 2.22. The van der Waals surface area contributed by atoms with Crippen LogP contribution >= 0.6 is 0 Å². The molecular formula is C17H14N2O2. The molecule has 0 atom stereocenters. The van der Waals surface area contributed by atoms with Crippen molar-refractivity contribution in [2.75, 3.05) is 5.32 Å². The average molecular weight is 278 g/mol. The highest BCUT2D eigenvalue weighted by molar-refractivity contribution is 6.02. The fourth-order valence-corrected chi connectivity index (χ4v) is 2.28. The molecule has 2 aromatic carbocycles. The Bertz CT molecular complexity index is 794. The SMILES string of the molecule is O=C(Cc1cccc(O)c1)Nc1cccc2cnccc12. The second kappa shape index (κ2) is 5.63. The minimum absolute atomic E-state index is 0.120. The molecule has 0 bridgehead atoms. The van der Waals surface area contributed by atoms with Crippen LogP contribution in [0.15, 0.2) is 60.9 Å². The molecule has 4 nitrogen and oxygen atoms in total. The smallest absolute Gasteiger partial charge is 0.228 e. The number of carbonyl (C=O) groups is 1. The third-order valence-electron chi connectivity index (χ3n) is 3.23. The molecule has 1 aromatic heterocycles. The monoisotopic (exact) mass is 278 g/mol. The zero-order chi connectivity index (χ0) is 14.7. The zero-order valence-electron chi connectivity index (χ0n) is 11.3. The number of phenols is 1. The Balaban J connectivity index is 1.80. The number of amides is 1. The Kier molecular flexibility index (Phi) is 3.51. The summed E-state index contributed by atoms with van der Waals surface area (Å²) >= 11 is 0. The average Bonchev–Trinajstić information content (AvgIpc) is 2.47. The summed E-state index contributed by atoms with van der Waals surface area (Å²) in [6, 6.07) is 14.3. The first kappa shape index (κ1) is 13.1. The Morgan fingerprint density at radius 3 is 2.86 bits per heavy atom. The molecule has 0 aliphatic carbocycles. The lowest BCUT2D eigenvalue weighted by Gasteiger charge is -2.08. The number of nitrogens with zero attached hydrogens (tertiary/aromatic N) is 1. The Hall–Kier alpha value is -2.88. The molecule has 0 aliphatic rings. The standard InChI is InChI=1S/C17H14N2O2/c20-14-5-1-3-12(9-14)10-17(21)19-16-6-2-4-13-11-18-8-7-15(13)16/h1-9,11,20H,10H2,(H,19,21). The molecule has 0 fully saturated rings. The highest BCUT2D eigenvalue weighted by atomic mass is 16.3. The van der Waals surface area contributed by atoms with E-state index in [9.17, 15) is 9.90 Å². The van der Waals surface area contributed by atoms with Crippen molar-refractivity contribution in [3.8, 4) is 5.75 Å². The number of nitrogens with one attached hydrogen (secondary N) is 1. The summed E-state index contributed by atoms with van der Waals surface area (Å²) in [7, 11) is 0. The largest absolute Gasteiger partial charge is 0.508 e. The topological polar surface area (TPSA) is 62.2 Å². The van der Waals surface area contributed by atoms with Crippen molar-refractivity contribution in [3.05, 3.63) is 66.5 Å². The van der Waals surface area contributed by atoms with Gasteiger partial charge in [0.25, 0.3) is 0 Å². The lowest BCUT2D eigenvalue weighted by molar-refractivity contribution is -0.115. The Morgan fingerprint density at radius 2 is 2.00 bits per heavy atom. The van der Waals surface area contributed by atoms with E-state index in [2.05, 4.69) is 10.3 Å². The van der Waals surface area contributed by atoms with Crippen LogP contribution in [0, 0.1) is 0 Å². The quantitative estimate of drug-likeness (QED) is 0.773. The van der Waals surface area contributed by atoms with Gasteiger partial charge < -0.3 is 10.4 Å². The van der Waals surface area contributed by atoms with Gasteiger partial charge in [0.2, 0.25) is 5.91 Å². The molecule has 0 unspecified atom stereocenters. The van der Waals surface area contributed by atoms with Crippen molar-refractivity contribution in [2.24, 2.45) is 0 Å². The minimum atomic E-state index is -0.120. The zero-order valence-corrected chi connectivity index (χ0v) is 11.3. The molecule has 0 spiro atoms. The van der Waals surface area contributed by atoms with Crippen LogP contribution in [0.2, 0.25) is 0 Å². The number of hydrogen-bond acceptors (Lipinski definition) is 3. The number of phenolic OH excluding ortho intramolecular Hbond substituents is 1. The van der Waals surface area contributed by atoms with Crippen LogP contribution in [-0.2, 0) is 11.2 Å². The van der Waals surface area contributed by atoms with Crippen molar-refractivity contribution in [2.45, 2.75) is 6.42 Å². The van der Waals surface area contributed by atoms with Gasteiger partial charge in [-0.05, 0) is 29.8 Å². The van der Waals surface area contributed by atoms with Gasteiger partial charge in [-0.3, -0.25) is 9.78 Å². The molecule has 3 aromatic rings. The molecule has 21 heavy (non-hydrogen) atoms. The number of carbonyl (C=O) groups excluding carboxylic acids is 1. The van der Waals surface area contributed by atoms with E-state index in [0.29, 0.717) is 0 Å². The van der Waals surface area contributed by atoms with Crippen LogP contribution in [0.4, 0.5) is 5.69 Å². The molecule has 1 amide bonds. The predicted molar refractivity (Wildman–Crippen MR) is 82.2 cm³/mol. The van der Waals surface area contributed by atoms with Crippen LogP contribution in [0.25, 0.3) is 10.8 Å². The second-order valence-electron chi connectivity index (χ2n) is 4.80. The number of benzene rings is 2. The van der Waals surface area contributed by atoms with E-state index in [1.165, 1.54) is 0 Å². The predicted octanol–water partition coefficient (Wildman–Crippen LogP) is 3.12. The van der Waals surface area contributed by atoms with E-state index < -0.39 is 0 Å². The van der Waals surface area contributed by atoms with Crippen LogP contribution in [-0.4, -0.2) is 16.0 Å². The van der Waals surface area contributed by atoms with Gasteiger partial charge in [0, 0.05) is 28.9 Å². The number of rotatable bonds is 3. The van der Waals surface area contributed by atoms with Gasteiger partial charge in [-0.2, -0.15) is 0 Å². The third kappa shape index (κ3) is 3.00. The second-order valence-corrected chi connectivity index (χ2v) is 4.80. The molecule has 4 heteroatoms. The van der Waals surface area contributed by atoms with Crippen molar-refractivity contribution < 1.29 is 9.90 Å². The van der Waals surface area contributed by atoms with Gasteiger partial charge in [-0.25, -0.2) is 0 Å². The molecule has 0 saturated carbocycles. The molecule has 104 valence electrons.